The molecule has 8 heteroatoms. The van der Waals surface area contributed by atoms with Crippen molar-refractivity contribution in [3.63, 3.8) is 0 Å². The van der Waals surface area contributed by atoms with E-state index in [1.54, 1.807) is 0 Å². The Morgan fingerprint density at radius 2 is 2.11 bits per heavy atom. The highest BCUT2D eigenvalue weighted by molar-refractivity contribution is 7.91. The fraction of sp³-hybridized carbons (Fsp3) is 0.273. The quantitative estimate of drug-likeness (QED) is 0.908. The topological polar surface area (TPSA) is 75.7 Å². The van der Waals surface area contributed by atoms with E-state index in [9.17, 15) is 17.2 Å². The molecular formula is C11H9F2N3O2S. The van der Waals surface area contributed by atoms with Crippen LogP contribution in [0.25, 0.3) is 0 Å². The van der Waals surface area contributed by atoms with Gasteiger partial charge in [0.05, 0.1) is 11.4 Å². The number of sulfone groups is 1. The molecule has 5 nitrogen and oxygen atoms in total. The van der Waals surface area contributed by atoms with Gasteiger partial charge in [-0.25, -0.2) is 17.2 Å². The summed E-state index contributed by atoms with van der Waals surface area (Å²) in [6.07, 6.45) is 1.57. The van der Waals surface area contributed by atoms with Crippen LogP contribution in [0.3, 0.4) is 0 Å². The fourth-order valence-corrected chi connectivity index (χ4v) is 4.03. The number of rotatable bonds is 2. The largest absolute Gasteiger partial charge is 0.221 e. The monoisotopic (exact) mass is 285 g/mol. The normalized spacial score (nSPS) is 18.5. The lowest BCUT2D eigenvalue weighted by molar-refractivity contribution is 0.572. The van der Waals surface area contributed by atoms with Crippen LogP contribution in [0.4, 0.5) is 8.78 Å². The van der Waals surface area contributed by atoms with E-state index < -0.39 is 26.7 Å². The summed E-state index contributed by atoms with van der Waals surface area (Å²) >= 11 is 0. The minimum Gasteiger partial charge on any atom is -0.221 e. The Balaban J connectivity index is 2.13. The van der Waals surface area contributed by atoms with Crippen LogP contribution < -0.4 is 0 Å². The van der Waals surface area contributed by atoms with E-state index in [0.717, 1.165) is 18.3 Å². The highest BCUT2D eigenvalue weighted by atomic mass is 32.2. The smallest absolute Gasteiger partial charge is 0.206 e. The summed E-state index contributed by atoms with van der Waals surface area (Å²) < 4.78 is 51.5. The van der Waals surface area contributed by atoms with Gasteiger partial charge in [-0.2, -0.15) is 10.3 Å². The first-order valence-electron chi connectivity index (χ1n) is 5.57. The van der Waals surface area contributed by atoms with Crippen molar-refractivity contribution >= 4 is 9.84 Å². The molecule has 1 heterocycles. The average Bonchev–Trinajstić information content (AvgIpc) is 2.97. The summed E-state index contributed by atoms with van der Waals surface area (Å²) in [5.74, 6) is -1.48. The highest BCUT2D eigenvalue weighted by Crippen LogP contribution is 2.40. The standard InChI is InChI=1S/C11H9F2N3O2S/c12-6-3-8-7(9(13)4-6)1-2-10(8)19(17,18)11-5-14-16-15-11/h3-5,10H,1-2H2,(H,14,15,16). The second kappa shape index (κ2) is 4.09. The van der Waals surface area contributed by atoms with Gasteiger partial charge >= 0.3 is 0 Å². The predicted octanol–water partition coefficient (Wildman–Crippen LogP) is 1.54. The van der Waals surface area contributed by atoms with Crippen molar-refractivity contribution in [1.29, 1.82) is 0 Å². The third-order valence-corrected chi connectivity index (χ3v) is 5.28. The van der Waals surface area contributed by atoms with Gasteiger partial charge in [0.15, 0.2) is 5.03 Å². The number of halogens is 2. The van der Waals surface area contributed by atoms with Crippen LogP contribution in [-0.2, 0) is 16.3 Å². The van der Waals surface area contributed by atoms with Gasteiger partial charge in [0.1, 0.15) is 11.6 Å². The van der Waals surface area contributed by atoms with Crippen LogP contribution in [0, 0.1) is 11.6 Å². The lowest BCUT2D eigenvalue weighted by atomic mass is 10.1. The van der Waals surface area contributed by atoms with Gasteiger partial charge < -0.3 is 0 Å². The molecule has 0 fully saturated rings. The van der Waals surface area contributed by atoms with E-state index in [2.05, 4.69) is 15.4 Å². The predicted molar refractivity (Wildman–Crippen MR) is 61.0 cm³/mol. The van der Waals surface area contributed by atoms with Gasteiger partial charge in [0.2, 0.25) is 9.84 Å². The molecule has 1 aliphatic carbocycles. The van der Waals surface area contributed by atoms with E-state index in [4.69, 9.17) is 0 Å². The van der Waals surface area contributed by atoms with Gasteiger partial charge in [0, 0.05) is 6.07 Å². The van der Waals surface area contributed by atoms with Crippen molar-refractivity contribution in [2.45, 2.75) is 23.1 Å². The van der Waals surface area contributed by atoms with E-state index in [1.165, 1.54) is 0 Å². The Morgan fingerprint density at radius 3 is 2.79 bits per heavy atom. The zero-order chi connectivity index (χ0) is 13.6. The van der Waals surface area contributed by atoms with Gasteiger partial charge in [-0.05, 0) is 30.0 Å². The molecule has 1 atom stereocenters. The molecule has 3 rings (SSSR count). The molecule has 0 bridgehead atoms. The molecule has 19 heavy (non-hydrogen) atoms. The zero-order valence-corrected chi connectivity index (χ0v) is 10.4. The summed E-state index contributed by atoms with van der Waals surface area (Å²) in [5.41, 5.74) is 0.443. The maximum absolute atomic E-state index is 13.6. The summed E-state index contributed by atoms with van der Waals surface area (Å²) in [6.45, 7) is 0. The van der Waals surface area contributed by atoms with E-state index >= 15 is 0 Å². The summed E-state index contributed by atoms with van der Waals surface area (Å²) in [7, 11) is -3.78. The van der Waals surface area contributed by atoms with Crippen LogP contribution in [0.2, 0.25) is 0 Å². The molecule has 0 amide bonds. The molecule has 100 valence electrons. The van der Waals surface area contributed by atoms with Crippen molar-refractivity contribution in [2.75, 3.05) is 0 Å². The molecule has 1 N–H and O–H groups in total. The van der Waals surface area contributed by atoms with Crippen molar-refractivity contribution in [2.24, 2.45) is 0 Å². The van der Waals surface area contributed by atoms with Crippen LogP contribution >= 0.6 is 0 Å². The number of hydrogen-bond acceptors (Lipinski definition) is 4. The fourth-order valence-electron chi connectivity index (χ4n) is 2.40. The lowest BCUT2D eigenvalue weighted by Crippen LogP contribution is -2.12. The molecule has 0 saturated carbocycles. The SMILES string of the molecule is O=S(=O)(c1cn[nH]n1)C1CCc2c(F)cc(F)cc21. The maximum Gasteiger partial charge on any atom is 0.206 e. The molecule has 1 aliphatic rings. The van der Waals surface area contributed by atoms with E-state index in [1.807, 2.05) is 0 Å². The maximum atomic E-state index is 13.6. The number of nitrogens with one attached hydrogen (secondary N) is 1. The Kier molecular flexibility index (Phi) is 2.63. The third-order valence-electron chi connectivity index (χ3n) is 3.26. The second-order valence-corrected chi connectivity index (χ2v) is 6.41. The highest BCUT2D eigenvalue weighted by Gasteiger charge is 2.37. The summed E-state index contributed by atoms with van der Waals surface area (Å²) in [6, 6.07) is 1.84. The zero-order valence-electron chi connectivity index (χ0n) is 9.60. The Hall–Kier alpha value is -1.83. The Bertz CT molecular complexity index is 729. The van der Waals surface area contributed by atoms with E-state index in [0.29, 0.717) is 0 Å². The first-order valence-corrected chi connectivity index (χ1v) is 7.12. The molecule has 0 aliphatic heterocycles. The molecule has 1 aromatic carbocycles. The van der Waals surface area contributed by atoms with Crippen molar-refractivity contribution in [3.8, 4) is 0 Å². The molecule has 1 aromatic heterocycles. The Morgan fingerprint density at radius 1 is 1.32 bits per heavy atom. The molecule has 2 aromatic rings. The van der Waals surface area contributed by atoms with Gasteiger partial charge in [-0.3, -0.25) is 0 Å². The van der Waals surface area contributed by atoms with Gasteiger partial charge in [0.25, 0.3) is 0 Å². The number of hydrogen-bond donors (Lipinski definition) is 1. The van der Waals surface area contributed by atoms with E-state index in [-0.39, 0.29) is 29.0 Å². The minimum absolute atomic E-state index is 0.181. The van der Waals surface area contributed by atoms with Crippen molar-refractivity contribution < 1.29 is 17.2 Å². The Labute approximate surface area is 107 Å². The molecular weight excluding hydrogens is 276 g/mol. The van der Waals surface area contributed by atoms with Gasteiger partial charge in [-0.15, -0.1) is 5.10 Å². The number of nitrogens with zero attached hydrogens (tertiary/aromatic N) is 2. The molecule has 0 spiro atoms. The number of fused-ring (bicyclic) bond motifs is 1. The van der Waals surface area contributed by atoms with Crippen molar-refractivity contribution in [1.82, 2.24) is 15.4 Å². The molecule has 0 saturated heterocycles. The first-order chi connectivity index (χ1) is 9.00. The second-order valence-electron chi connectivity index (χ2n) is 4.34. The van der Waals surface area contributed by atoms with Crippen LogP contribution in [0.15, 0.2) is 23.4 Å². The molecule has 0 radical (unpaired) electrons. The van der Waals surface area contributed by atoms with Crippen LogP contribution in [0.5, 0.6) is 0 Å². The van der Waals surface area contributed by atoms with Crippen LogP contribution in [-0.4, -0.2) is 23.8 Å². The lowest BCUT2D eigenvalue weighted by Gasteiger charge is -2.11. The first kappa shape index (κ1) is 12.2. The average molecular weight is 285 g/mol. The van der Waals surface area contributed by atoms with Gasteiger partial charge in [-0.1, -0.05) is 0 Å². The number of benzene rings is 1. The van der Waals surface area contributed by atoms with Crippen LogP contribution in [0.1, 0.15) is 22.8 Å². The van der Waals surface area contributed by atoms with Crippen molar-refractivity contribution in [3.05, 3.63) is 41.1 Å². The molecule has 1 unspecified atom stereocenters. The summed E-state index contributed by atoms with van der Waals surface area (Å²) in [4.78, 5) is 0. The number of H-pyrrole nitrogens is 1. The minimum atomic E-state index is -3.78. The summed E-state index contributed by atoms with van der Waals surface area (Å²) in [5, 5.41) is 8.02. The number of aromatic amines is 1. The third kappa shape index (κ3) is 1.83. The number of aromatic nitrogens is 3.